The number of aliphatic carboxylic acids is 1. The normalized spacial score (nSPS) is 12.8. The van der Waals surface area contributed by atoms with Crippen LogP contribution in [0.15, 0.2) is 30.3 Å². The van der Waals surface area contributed by atoms with Gasteiger partial charge < -0.3 is 15.7 Å². The summed E-state index contributed by atoms with van der Waals surface area (Å²) in [5.74, 6) is -1.86. The molecule has 19 heavy (non-hydrogen) atoms. The third-order valence-corrected chi connectivity index (χ3v) is 3.43. The standard InChI is InChI=1S/C14H20N2O3/c1-14(2,13(18)19)16(3)12(17)11(9-15)10-7-5-4-6-8-10/h4-8,11H,9,15H2,1-3H3,(H,18,19). The van der Waals surface area contributed by atoms with Gasteiger partial charge in [0, 0.05) is 13.6 Å². The van der Waals surface area contributed by atoms with Crippen LogP contribution in [0.3, 0.4) is 0 Å². The van der Waals surface area contributed by atoms with Gasteiger partial charge in [0.2, 0.25) is 5.91 Å². The van der Waals surface area contributed by atoms with Crippen LogP contribution in [0.1, 0.15) is 25.3 Å². The van der Waals surface area contributed by atoms with Crippen molar-refractivity contribution in [3.8, 4) is 0 Å². The van der Waals surface area contributed by atoms with Crippen molar-refractivity contribution in [3.05, 3.63) is 35.9 Å². The zero-order valence-corrected chi connectivity index (χ0v) is 11.5. The molecule has 0 aromatic heterocycles. The molecule has 0 saturated carbocycles. The molecule has 1 amide bonds. The second-order valence-electron chi connectivity index (χ2n) is 4.96. The van der Waals surface area contributed by atoms with E-state index in [9.17, 15) is 9.59 Å². The van der Waals surface area contributed by atoms with E-state index in [2.05, 4.69) is 0 Å². The Bertz CT molecular complexity index is 457. The number of nitrogens with zero attached hydrogens (tertiary/aromatic N) is 1. The summed E-state index contributed by atoms with van der Waals surface area (Å²) in [6, 6.07) is 9.14. The largest absolute Gasteiger partial charge is 0.480 e. The number of carbonyl (C=O) groups excluding carboxylic acids is 1. The molecule has 1 unspecified atom stereocenters. The number of benzene rings is 1. The maximum atomic E-state index is 12.4. The van der Waals surface area contributed by atoms with Gasteiger partial charge in [0.15, 0.2) is 0 Å². The van der Waals surface area contributed by atoms with Gasteiger partial charge in [-0.3, -0.25) is 4.79 Å². The van der Waals surface area contributed by atoms with Gasteiger partial charge in [-0.1, -0.05) is 30.3 Å². The first-order chi connectivity index (χ1) is 8.82. The lowest BCUT2D eigenvalue weighted by Crippen LogP contribution is -2.52. The molecule has 1 rings (SSSR count). The van der Waals surface area contributed by atoms with Crippen molar-refractivity contribution in [2.75, 3.05) is 13.6 Å². The second-order valence-corrected chi connectivity index (χ2v) is 4.96. The van der Waals surface area contributed by atoms with Crippen molar-refractivity contribution in [2.24, 2.45) is 5.73 Å². The molecule has 0 saturated heterocycles. The second kappa shape index (κ2) is 5.84. The van der Waals surface area contributed by atoms with E-state index < -0.39 is 17.4 Å². The van der Waals surface area contributed by atoms with Crippen molar-refractivity contribution >= 4 is 11.9 Å². The molecule has 5 heteroatoms. The molecule has 0 aliphatic carbocycles. The molecule has 1 aromatic carbocycles. The van der Waals surface area contributed by atoms with Crippen LogP contribution in [0, 0.1) is 0 Å². The first-order valence-corrected chi connectivity index (χ1v) is 6.08. The van der Waals surface area contributed by atoms with Gasteiger partial charge in [0.1, 0.15) is 5.54 Å². The van der Waals surface area contributed by atoms with Gasteiger partial charge in [0.05, 0.1) is 5.92 Å². The van der Waals surface area contributed by atoms with Crippen molar-refractivity contribution in [3.63, 3.8) is 0 Å². The summed E-state index contributed by atoms with van der Waals surface area (Å²) in [6.07, 6.45) is 0. The summed E-state index contributed by atoms with van der Waals surface area (Å²) in [6.45, 7) is 3.13. The predicted molar refractivity (Wildman–Crippen MR) is 72.7 cm³/mol. The van der Waals surface area contributed by atoms with E-state index in [0.717, 1.165) is 5.56 Å². The number of carboxylic acids is 1. The minimum Gasteiger partial charge on any atom is -0.480 e. The summed E-state index contributed by atoms with van der Waals surface area (Å²) in [5.41, 5.74) is 5.20. The van der Waals surface area contributed by atoms with E-state index in [0.29, 0.717) is 0 Å². The predicted octanol–water partition coefficient (Wildman–Crippen LogP) is 1.05. The van der Waals surface area contributed by atoms with Gasteiger partial charge in [-0.2, -0.15) is 0 Å². The van der Waals surface area contributed by atoms with Crippen LogP contribution in [0.5, 0.6) is 0 Å². The van der Waals surface area contributed by atoms with Crippen molar-refractivity contribution in [1.29, 1.82) is 0 Å². The zero-order chi connectivity index (χ0) is 14.6. The summed E-state index contributed by atoms with van der Waals surface area (Å²) in [7, 11) is 1.49. The molecule has 3 N–H and O–H groups in total. The van der Waals surface area contributed by atoms with Crippen LogP contribution >= 0.6 is 0 Å². The minimum atomic E-state index is -1.26. The topological polar surface area (TPSA) is 83.6 Å². The van der Waals surface area contributed by atoms with Crippen LogP contribution in [0.4, 0.5) is 0 Å². The minimum absolute atomic E-state index is 0.142. The molecule has 0 fully saturated rings. The highest BCUT2D eigenvalue weighted by molar-refractivity contribution is 5.90. The molecular formula is C14H20N2O3. The number of carbonyl (C=O) groups is 2. The van der Waals surface area contributed by atoms with Gasteiger partial charge in [-0.25, -0.2) is 4.79 Å². The monoisotopic (exact) mass is 264 g/mol. The zero-order valence-electron chi connectivity index (χ0n) is 11.5. The lowest BCUT2D eigenvalue weighted by atomic mass is 9.95. The molecule has 0 aliphatic heterocycles. The average Bonchev–Trinajstić information content (AvgIpc) is 2.39. The third-order valence-electron chi connectivity index (χ3n) is 3.43. The fraction of sp³-hybridized carbons (Fsp3) is 0.429. The van der Waals surface area contributed by atoms with Crippen LogP contribution in [-0.4, -0.2) is 41.0 Å². The Morgan fingerprint density at radius 2 is 1.84 bits per heavy atom. The smallest absolute Gasteiger partial charge is 0.329 e. The van der Waals surface area contributed by atoms with Gasteiger partial charge in [-0.05, 0) is 19.4 Å². The van der Waals surface area contributed by atoms with E-state index in [1.54, 1.807) is 0 Å². The molecule has 0 bridgehead atoms. The fourth-order valence-electron chi connectivity index (χ4n) is 1.72. The van der Waals surface area contributed by atoms with E-state index in [-0.39, 0.29) is 12.5 Å². The molecule has 0 radical (unpaired) electrons. The summed E-state index contributed by atoms with van der Waals surface area (Å²) >= 11 is 0. The molecular weight excluding hydrogens is 244 g/mol. The molecule has 1 aromatic rings. The van der Waals surface area contributed by atoms with Gasteiger partial charge in [-0.15, -0.1) is 0 Å². The highest BCUT2D eigenvalue weighted by Gasteiger charge is 2.37. The molecule has 104 valence electrons. The number of carboxylic acid groups (broad SMARTS) is 1. The Labute approximate surface area is 113 Å². The van der Waals surface area contributed by atoms with E-state index in [1.165, 1.54) is 25.8 Å². The molecule has 5 nitrogen and oxygen atoms in total. The quantitative estimate of drug-likeness (QED) is 0.832. The Hall–Kier alpha value is -1.88. The molecule has 0 heterocycles. The number of amides is 1. The maximum absolute atomic E-state index is 12.4. The Kier molecular flexibility index (Phi) is 4.67. The summed E-state index contributed by atoms with van der Waals surface area (Å²) < 4.78 is 0. The van der Waals surface area contributed by atoms with E-state index >= 15 is 0 Å². The lowest BCUT2D eigenvalue weighted by molar-refractivity contribution is -0.155. The third kappa shape index (κ3) is 3.12. The fourth-order valence-corrected chi connectivity index (χ4v) is 1.72. The van der Waals surface area contributed by atoms with Crippen LogP contribution in [0.2, 0.25) is 0 Å². The molecule has 1 atom stereocenters. The van der Waals surface area contributed by atoms with E-state index in [4.69, 9.17) is 10.8 Å². The average molecular weight is 264 g/mol. The molecule has 0 aliphatic rings. The maximum Gasteiger partial charge on any atom is 0.329 e. The first kappa shape index (κ1) is 15.2. The number of nitrogens with two attached hydrogens (primary N) is 1. The number of hydrogen-bond acceptors (Lipinski definition) is 3. The number of hydrogen-bond donors (Lipinski definition) is 2. The summed E-state index contributed by atoms with van der Waals surface area (Å²) in [5, 5.41) is 9.16. The van der Waals surface area contributed by atoms with Crippen LogP contribution < -0.4 is 5.73 Å². The summed E-state index contributed by atoms with van der Waals surface area (Å²) in [4.78, 5) is 24.8. The van der Waals surface area contributed by atoms with Gasteiger partial charge in [0.25, 0.3) is 0 Å². The van der Waals surface area contributed by atoms with Crippen LogP contribution in [0.25, 0.3) is 0 Å². The SMILES string of the molecule is CN(C(=O)C(CN)c1ccccc1)C(C)(C)C(=O)O. The van der Waals surface area contributed by atoms with Crippen molar-refractivity contribution < 1.29 is 14.7 Å². The highest BCUT2D eigenvalue weighted by atomic mass is 16.4. The Morgan fingerprint density at radius 3 is 2.26 bits per heavy atom. The van der Waals surface area contributed by atoms with Crippen molar-refractivity contribution in [1.82, 2.24) is 4.90 Å². The molecule has 0 spiro atoms. The van der Waals surface area contributed by atoms with Crippen molar-refractivity contribution in [2.45, 2.75) is 25.3 Å². The van der Waals surface area contributed by atoms with Gasteiger partial charge >= 0.3 is 5.97 Å². The Morgan fingerprint density at radius 1 is 1.32 bits per heavy atom. The number of likely N-dealkylation sites (N-methyl/N-ethyl adjacent to an activating group) is 1. The first-order valence-electron chi connectivity index (χ1n) is 6.08. The lowest BCUT2D eigenvalue weighted by Gasteiger charge is -2.34. The van der Waals surface area contributed by atoms with E-state index in [1.807, 2.05) is 30.3 Å². The highest BCUT2D eigenvalue weighted by Crippen LogP contribution is 2.22. The Balaban J connectivity index is 3.01. The van der Waals surface area contributed by atoms with Crippen LogP contribution in [-0.2, 0) is 9.59 Å². The number of rotatable bonds is 5.